The van der Waals surface area contributed by atoms with Crippen LogP contribution < -0.4 is 5.32 Å². The van der Waals surface area contributed by atoms with E-state index in [0.717, 1.165) is 17.3 Å². The van der Waals surface area contributed by atoms with Gasteiger partial charge in [0.15, 0.2) is 22.2 Å². The molecule has 0 aliphatic rings. The summed E-state index contributed by atoms with van der Waals surface area (Å²) in [6, 6.07) is 9.13. The molecule has 10 heteroatoms. The highest BCUT2D eigenvalue weighted by Gasteiger charge is 2.35. The van der Waals surface area contributed by atoms with E-state index in [1.54, 1.807) is 36.6 Å². The highest BCUT2D eigenvalue weighted by molar-refractivity contribution is 7.13. The van der Waals surface area contributed by atoms with E-state index >= 15 is 0 Å². The topological polar surface area (TPSA) is 72.2 Å². The van der Waals surface area contributed by atoms with Gasteiger partial charge in [-0.3, -0.25) is 10.1 Å². The van der Waals surface area contributed by atoms with Crippen LogP contribution in [-0.4, -0.2) is 25.5 Å². The van der Waals surface area contributed by atoms with Crippen molar-refractivity contribution in [3.63, 3.8) is 0 Å². The first kappa shape index (κ1) is 19.1. The van der Waals surface area contributed by atoms with Gasteiger partial charge in [0.2, 0.25) is 0 Å². The number of benzene rings is 1. The van der Waals surface area contributed by atoms with Crippen molar-refractivity contribution in [3.05, 3.63) is 64.4 Å². The summed E-state index contributed by atoms with van der Waals surface area (Å²) >= 11 is 1.21. The molecule has 3 heterocycles. The van der Waals surface area contributed by atoms with Gasteiger partial charge in [-0.15, -0.1) is 11.3 Å². The molecule has 0 aliphatic heterocycles. The molecular formula is C19H14F3N5OS. The SMILES string of the molecule is Cc1ccc(-c2cc(C(F)(F)F)n3nc(C(=O)Nc4nc(C)cs4)cc3n2)cc1. The van der Waals surface area contributed by atoms with E-state index in [2.05, 4.69) is 20.4 Å². The van der Waals surface area contributed by atoms with Crippen LogP contribution in [0, 0.1) is 13.8 Å². The van der Waals surface area contributed by atoms with Gasteiger partial charge in [0.25, 0.3) is 5.91 Å². The Morgan fingerprint density at radius 3 is 2.45 bits per heavy atom. The van der Waals surface area contributed by atoms with E-state index in [0.29, 0.717) is 15.2 Å². The van der Waals surface area contributed by atoms with Gasteiger partial charge in [-0.25, -0.2) is 14.5 Å². The molecule has 1 N–H and O–H groups in total. The molecule has 0 saturated heterocycles. The number of anilines is 1. The number of thiazole rings is 1. The summed E-state index contributed by atoms with van der Waals surface area (Å²) in [6.45, 7) is 3.65. The number of halogens is 3. The van der Waals surface area contributed by atoms with Crippen LogP contribution in [0.3, 0.4) is 0 Å². The number of aromatic nitrogens is 4. The number of nitrogens with one attached hydrogen (secondary N) is 1. The molecular weight excluding hydrogens is 403 g/mol. The van der Waals surface area contributed by atoms with Gasteiger partial charge in [0.05, 0.1) is 11.4 Å². The van der Waals surface area contributed by atoms with Crippen molar-refractivity contribution in [2.75, 3.05) is 5.32 Å². The standard InChI is InChI=1S/C19H14F3N5OS/c1-10-3-5-12(6-4-10)13-7-15(19(20,21)22)27-16(24-13)8-14(26-27)17(28)25-18-23-11(2)9-29-18/h3-9H,1-2H3,(H,23,25,28). The summed E-state index contributed by atoms with van der Waals surface area (Å²) in [5, 5.41) is 8.45. The van der Waals surface area contributed by atoms with Crippen LogP contribution in [0.15, 0.2) is 41.8 Å². The molecule has 3 aromatic heterocycles. The quantitative estimate of drug-likeness (QED) is 0.523. The van der Waals surface area contributed by atoms with E-state index in [-0.39, 0.29) is 17.0 Å². The zero-order chi connectivity index (χ0) is 20.8. The number of carbonyl (C=O) groups excluding carboxylic acids is 1. The second kappa shape index (κ2) is 6.96. The van der Waals surface area contributed by atoms with Crippen molar-refractivity contribution in [3.8, 4) is 11.3 Å². The molecule has 4 rings (SSSR count). The lowest BCUT2D eigenvalue weighted by Gasteiger charge is -2.11. The number of nitrogens with zero attached hydrogens (tertiary/aromatic N) is 4. The normalized spacial score (nSPS) is 11.8. The van der Waals surface area contributed by atoms with Crippen molar-refractivity contribution in [2.24, 2.45) is 0 Å². The van der Waals surface area contributed by atoms with Gasteiger partial charge >= 0.3 is 6.18 Å². The third kappa shape index (κ3) is 3.83. The van der Waals surface area contributed by atoms with Crippen molar-refractivity contribution >= 4 is 28.0 Å². The van der Waals surface area contributed by atoms with Crippen molar-refractivity contribution in [1.82, 2.24) is 19.6 Å². The lowest BCUT2D eigenvalue weighted by atomic mass is 10.1. The lowest BCUT2D eigenvalue weighted by molar-refractivity contribution is -0.142. The number of fused-ring (bicyclic) bond motifs is 1. The Hall–Kier alpha value is -3.27. The zero-order valence-corrected chi connectivity index (χ0v) is 16.1. The second-order valence-electron chi connectivity index (χ2n) is 6.44. The molecule has 4 aromatic rings. The molecule has 0 saturated carbocycles. The van der Waals surface area contributed by atoms with Crippen LogP contribution in [0.2, 0.25) is 0 Å². The molecule has 1 aromatic carbocycles. The number of aryl methyl sites for hydroxylation is 2. The number of carbonyl (C=O) groups is 1. The van der Waals surface area contributed by atoms with Crippen LogP contribution in [-0.2, 0) is 6.18 Å². The fourth-order valence-electron chi connectivity index (χ4n) is 2.73. The molecule has 0 spiro atoms. The molecule has 6 nitrogen and oxygen atoms in total. The first-order chi connectivity index (χ1) is 13.7. The minimum atomic E-state index is -4.67. The number of amides is 1. The fourth-order valence-corrected chi connectivity index (χ4v) is 3.42. The van der Waals surface area contributed by atoms with Crippen molar-refractivity contribution < 1.29 is 18.0 Å². The van der Waals surface area contributed by atoms with Crippen molar-refractivity contribution in [1.29, 1.82) is 0 Å². The second-order valence-corrected chi connectivity index (χ2v) is 7.30. The first-order valence-electron chi connectivity index (χ1n) is 8.49. The number of hydrogen-bond donors (Lipinski definition) is 1. The molecule has 1 amide bonds. The third-order valence-corrected chi connectivity index (χ3v) is 5.01. The van der Waals surface area contributed by atoms with Crippen LogP contribution in [0.4, 0.5) is 18.3 Å². The maximum Gasteiger partial charge on any atom is 0.433 e. The number of alkyl halides is 3. The summed E-state index contributed by atoms with van der Waals surface area (Å²) in [7, 11) is 0. The molecule has 29 heavy (non-hydrogen) atoms. The summed E-state index contributed by atoms with van der Waals surface area (Å²) in [6.07, 6.45) is -4.67. The van der Waals surface area contributed by atoms with Crippen LogP contribution in [0.5, 0.6) is 0 Å². The van der Waals surface area contributed by atoms with Gasteiger partial charge in [-0.05, 0) is 19.9 Å². The zero-order valence-electron chi connectivity index (χ0n) is 15.3. The Morgan fingerprint density at radius 1 is 1.10 bits per heavy atom. The average molecular weight is 417 g/mol. The third-order valence-electron chi connectivity index (χ3n) is 4.14. The molecule has 0 unspecified atom stereocenters. The Balaban J connectivity index is 1.79. The van der Waals surface area contributed by atoms with Crippen molar-refractivity contribution in [2.45, 2.75) is 20.0 Å². The summed E-state index contributed by atoms with van der Waals surface area (Å²) in [5.41, 5.74) is 1.12. The van der Waals surface area contributed by atoms with Crippen LogP contribution in [0.1, 0.15) is 27.4 Å². The monoisotopic (exact) mass is 417 g/mol. The molecule has 0 bridgehead atoms. The van der Waals surface area contributed by atoms with E-state index < -0.39 is 17.8 Å². The maximum atomic E-state index is 13.6. The first-order valence-corrected chi connectivity index (χ1v) is 9.37. The van der Waals surface area contributed by atoms with Gasteiger partial charge in [0, 0.05) is 17.0 Å². The summed E-state index contributed by atoms with van der Waals surface area (Å²) in [5.74, 6) is -0.658. The maximum absolute atomic E-state index is 13.6. The van der Waals surface area contributed by atoms with E-state index in [1.165, 1.54) is 17.4 Å². The Labute approximate surface area is 167 Å². The highest BCUT2D eigenvalue weighted by atomic mass is 32.1. The van der Waals surface area contributed by atoms with Crippen LogP contribution in [0.25, 0.3) is 16.9 Å². The Kier molecular flexibility index (Phi) is 4.58. The Bertz CT molecular complexity index is 1210. The van der Waals surface area contributed by atoms with E-state index in [9.17, 15) is 18.0 Å². The lowest BCUT2D eigenvalue weighted by Crippen LogP contribution is -2.15. The summed E-state index contributed by atoms with van der Waals surface area (Å²) < 4.78 is 41.6. The number of hydrogen-bond acceptors (Lipinski definition) is 5. The molecule has 148 valence electrons. The molecule has 0 aliphatic carbocycles. The predicted molar refractivity (Wildman–Crippen MR) is 103 cm³/mol. The molecule has 0 fully saturated rings. The van der Waals surface area contributed by atoms with Gasteiger partial charge in [-0.1, -0.05) is 29.8 Å². The molecule has 0 radical (unpaired) electrons. The fraction of sp³-hybridized carbons (Fsp3) is 0.158. The van der Waals surface area contributed by atoms with Gasteiger partial charge < -0.3 is 0 Å². The average Bonchev–Trinajstić information content (AvgIpc) is 3.26. The van der Waals surface area contributed by atoms with Crippen LogP contribution >= 0.6 is 11.3 Å². The molecule has 0 atom stereocenters. The smallest absolute Gasteiger partial charge is 0.296 e. The predicted octanol–water partition coefficient (Wildman–Crippen LogP) is 4.74. The van der Waals surface area contributed by atoms with Gasteiger partial charge in [0.1, 0.15) is 0 Å². The minimum absolute atomic E-state index is 0.0733. The minimum Gasteiger partial charge on any atom is -0.296 e. The Morgan fingerprint density at radius 2 is 1.83 bits per heavy atom. The van der Waals surface area contributed by atoms with E-state index in [4.69, 9.17) is 0 Å². The number of rotatable bonds is 3. The summed E-state index contributed by atoms with van der Waals surface area (Å²) in [4.78, 5) is 20.8. The highest BCUT2D eigenvalue weighted by Crippen LogP contribution is 2.32. The largest absolute Gasteiger partial charge is 0.433 e. The van der Waals surface area contributed by atoms with Gasteiger partial charge in [-0.2, -0.15) is 18.3 Å². The van der Waals surface area contributed by atoms with E-state index in [1.807, 2.05) is 6.92 Å².